The molecule has 2 heterocycles. The first-order valence-corrected chi connectivity index (χ1v) is 7.08. The van der Waals surface area contributed by atoms with Crippen molar-refractivity contribution in [2.24, 2.45) is 7.05 Å². The summed E-state index contributed by atoms with van der Waals surface area (Å²) in [5, 5.41) is 11.4. The topological polar surface area (TPSA) is 111 Å². The number of aryl methyl sites for hydroxylation is 2. The van der Waals surface area contributed by atoms with E-state index in [2.05, 4.69) is 10.3 Å². The smallest absolute Gasteiger partial charge is 0.332 e. The fourth-order valence-corrected chi connectivity index (χ4v) is 2.38. The lowest BCUT2D eigenvalue weighted by Crippen LogP contribution is -2.40. The summed E-state index contributed by atoms with van der Waals surface area (Å²) in [6.45, 7) is 4.03. The molecule has 9 nitrogen and oxygen atoms in total. The number of imidazole rings is 1. The maximum atomic E-state index is 12.5. The lowest BCUT2D eigenvalue weighted by molar-refractivity contribution is -0.134. The number of nitrogens with zero attached hydrogens (tertiary/aromatic N) is 4. The van der Waals surface area contributed by atoms with Gasteiger partial charge in [-0.2, -0.15) is 4.98 Å². The number of carbonyl (C=O) groups is 1. The number of carboxylic acid groups (broad SMARTS) is 1. The Kier molecular flexibility index (Phi) is 4.34. The van der Waals surface area contributed by atoms with Crippen molar-refractivity contribution in [3.63, 3.8) is 0 Å². The molecule has 0 saturated heterocycles. The lowest BCUT2D eigenvalue weighted by Gasteiger charge is -2.09. The molecule has 0 atom stereocenters. The van der Waals surface area contributed by atoms with Gasteiger partial charge >= 0.3 is 11.7 Å². The van der Waals surface area contributed by atoms with E-state index in [9.17, 15) is 14.4 Å². The molecule has 0 aliphatic heterocycles. The summed E-state index contributed by atoms with van der Waals surface area (Å²) < 4.78 is 4.09. The van der Waals surface area contributed by atoms with Crippen LogP contribution in [0.3, 0.4) is 0 Å². The zero-order valence-electron chi connectivity index (χ0n) is 12.8. The van der Waals surface area contributed by atoms with Gasteiger partial charge in [0.15, 0.2) is 11.2 Å². The third-order valence-electron chi connectivity index (χ3n) is 3.40. The average Bonchev–Trinajstić information content (AvgIpc) is 2.79. The van der Waals surface area contributed by atoms with Gasteiger partial charge in [0.1, 0.15) is 6.54 Å². The summed E-state index contributed by atoms with van der Waals surface area (Å²) in [5.74, 6) is -0.795. The number of nitrogens with one attached hydrogen (secondary N) is 1. The summed E-state index contributed by atoms with van der Waals surface area (Å²) in [4.78, 5) is 39.7. The number of aromatic nitrogens is 4. The molecule has 0 fully saturated rings. The van der Waals surface area contributed by atoms with Gasteiger partial charge in [-0.05, 0) is 13.3 Å². The van der Waals surface area contributed by atoms with Crippen molar-refractivity contribution >= 4 is 23.1 Å². The fraction of sp³-hybridized carbons (Fsp3) is 0.538. The summed E-state index contributed by atoms with van der Waals surface area (Å²) in [6, 6.07) is 0. The molecule has 0 bridgehead atoms. The van der Waals surface area contributed by atoms with Crippen LogP contribution in [0.2, 0.25) is 0 Å². The monoisotopic (exact) mass is 309 g/mol. The molecular formula is C13H19N5O4. The van der Waals surface area contributed by atoms with Crippen LogP contribution in [-0.4, -0.2) is 36.3 Å². The number of carboxylic acids is 1. The summed E-state index contributed by atoms with van der Waals surface area (Å²) >= 11 is 0. The van der Waals surface area contributed by atoms with Gasteiger partial charge in [-0.15, -0.1) is 0 Å². The second kappa shape index (κ2) is 6.04. The van der Waals surface area contributed by atoms with Crippen molar-refractivity contribution in [1.82, 2.24) is 18.7 Å². The average molecular weight is 309 g/mol. The highest BCUT2D eigenvalue weighted by atomic mass is 16.4. The van der Waals surface area contributed by atoms with E-state index in [-0.39, 0.29) is 30.2 Å². The molecule has 0 spiro atoms. The van der Waals surface area contributed by atoms with Gasteiger partial charge < -0.3 is 15.0 Å². The molecule has 2 aromatic rings. The number of hydrogen-bond donors (Lipinski definition) is 2. The number of rotatable bonds is 6. The predicted octanol–water partition coefficient (Wildman–Crippen LogP) is -0.177. The van der Waals surface area contributed by atoms with Gasteiger partial charge in [-0.3, -0.25) is 18.7 Å². The number of anilines is 1. The van der Waals surface area contributed by atoms with Crippen molar-refractivity contribution < 1.29 is 9.90 Å². The van der Waals surface area contributed by atoms with Crippen LogP contribution in [0.15, 0.2) is 9.59 Å². The highest BCUT2D eigenvalue weighted by Gasteiger charge is 2.19. The van der Waals surface area contributed by atoms with Crippen LogP contribution < -0.4 is 16.6 Å². The van der Waals surface area contributed by atoms with Crippen LogP contribution in [0.5, 0.6) is 0 Å². The molecule has 0 radical (unpaired) electrons. The first-order valence-electron chi connectivity index (χ1n) is 7.08. The fourth-order valence-electron chi connectivity index (χ4n) is 2.38. The first kappa shape index (κ1) is 15.8. The van der Waals surface area contributed by atoms with E-state index in [1.54, 1.807) is 14.0 Å². The Bertz CT molecular complexity index is 830. The quantitative estimate of drug-likeness (QED) is 0.766. The maximum Gasteiger partial charge on any atom is 0.332 e. The Labute approximate surface area is 125 Å². The minimum absolute atomic E-state index is 0.243. The molecule has 2 rings (SSSR count). The van der Waals surface area contributed by atoms with Crippen molar-refractivity contribution in [2.75, 3.05) is 11.9 Å². The zero-order valence-corrected chi connectivity index (χ0v) is 12.8. The Morgan fingerprint density at radius 2 is 1.95 bits per heavy atom. The summed E-state index contributed by atoms with van der Waals surface area (Å²) in [7, 11) is 1.61. The Morgan fingerprint density at radius 1 is 1.27 bits per heavy atom. The lowest BCUT2D eigenvalue weighted by atomic mass is 10.4. The molecule has 120 valence electrons. The van der Waals surface area contributed by atoms with E-state index in [4.69, 9.17) is 5.11 Å². The molecule has 0 amide bonds. The summed E-state index contributed by atoms with van der Waals surface area (Å²) in [6.07, 6.45) is 0.714. The molecule has 2 aromatic heterocycles. The number of aliphatic carboxylic acids is 1. The van der Waals surface area contributed by atoms with Gasteiger partial charge in [-0.25, -0.2) is 4.79 Å². The molecule has 0 unspecified atom stereocenters. The van der Waals surface area contributed by atoms with E-state index < -0.39 is 17.2 Å². The number of hydrogen-bond acceptors (Lipinski definition) is 5. The third-order valence-corrected chi connectivity index (χ3v) is 3.40. The minimum atomic E-state index is -1.04. The van der Waals surface area contributed by atoms with Crippen molar-refractivity contribution in [3.05, 3.63) is 20.8 Å². The van der Waals surface area contributed by atoms with Crippen LogP contribution in [-0.2, 0) is 24.9 Å². The molecule has 2 N–H and O–H groups in total. The van der Waals surface area contributed by atoms with Crippen molar-refractivity contribution in [3.8, 4) is 0 Å². The van der Waals surface area contributed by atoms with Gasteiger partial charge in [0.25, 0.3) is 5.56 Å². The minimum Gasteiger partial charge on any atom is -0.480 e. The van der Waals surface area contributed by atoms with E-state index in [1.165, 1.54) is 9.13 Å². The van der Waals surface area contributed by atoms with Gasteiger partial charge in [0, 0.05) is 20.1 Å². The molecule has 22 heavy (non-hydrogen) atoms. The largest absolute Gasteiger partial charge is 0.480 e. The molecule has 0 aromatic carbocycles. The predicted molar refractivity (Wildman–Crippen MR) is 81.3 cm³/mol. The highest BCUT2D eigenvalue weighted by molar-refractivity contribution is 5.76. The van der Waals surface area contributed by atoms with Crippen LogP contribution in [0.4, 0.5) is 5.95 Å². The van der Waals surface area contributed by atoms with E-state index >= 15 is 0 Å². The second-order valence-electron chi connectivity index (χ2n) is 4.90. The SMILES string of the molecule is CCCn1c(=O)n(CC)c(=O)c2c1nc(NCC(=O)O)n2C. The second-order valence-corrected chi connectivity index (χ2v) is 4.90. The van der Waals surface area contributed by atoms with Crippen molar-refractivity contribution in [1.29, 1.82) is 0 Å². The molecule has 9 heteroatoms. The standard InChI is InChI=1S/C13H19N5O4/c1-4-6-18-10-9(11(21)17(5-2)13(18)22)16(3)12(15-10)14-7-8(19)20/h4-7H2,1-3H3,(H,14,15)(H,19,20). The number of fused-ring (bicyclic) bond motifs is 1. The van der Waals surface area contributed by atoms with E-state index in [0.29, 0.717) is 13.0 Å². The normalized spacial score (nSPS) is 11.0. The molecule has 0 saturated carbocycles. The van der Waals surface area contributed by atoms with Gasteiger partial charge in [-0.1, -0.05) is 6.92 Å². The zero-order chi connectivity index (χ0) is 16.4. The Hall–Kier alpha value is -2.58. The van der Waals surface area contributed by atoms with E-state index in [1.807, 2.05) is 6.92 Å². The van der Waals surface area contributed by atoms with Gasteiger partial charge in [0.2, 0.25) is 5.95 Å². The van der Waals surface area contributed by atoms with E-state index in [0.717, 1.165) is 4.57 Å². The Morgan fingerprint density at radius 3 is 2.50 bits per heavy atom. The van der Waals surface area contributed by atoms with Crippen LogP contribution in [0, 0.1) is 0 Å². The third kappa shape index (κ3) is 2.49. The molecule has 0 aliphatic carbocycles. The van der Waals surface area contributed by atoms with Crippen LogP contribution >= 0.6 is 0 Å². The van der Waals surface area contributed by atoms with Crippen LogP contribution in [0.25, 0.3) is 11.2 Å². The maximum absolute atomic E-state index is 12.5. The molecular weight excluding hydrogens is 290 g/mol. The highest BCUT2D eigenvalue weighted by Crippen LogP contribution is 2.14. The van der Waals surface area contributed by atoms with Crippen LogP contribution in [0.1, 0.15) is 20.3 Å². The van der Waals surface area contributed by atoms with Gasteiger partial charge in [0.05, 0.1) is 0 Å². The summed E-state index contributed by atoms with van der Waals surface area (Å²) in [5.41, 5.74) is -0.266. The molecule has 0 aliphatic rings. The first-order chi connectivity index (χ1) is 10.4. The van der Waals surface area contributed by atoms with Crippen molar-refractivity contribution in [2.45, 2.75) is 33.4 Å². The Balaban J connectivity index is 2.77.